The maximum absolute atomic E-state index is 15.3. The molecular weight excluding hydrogens is 909 g/mol. The lowest BCUT2D eigenvalue weighted by molar-refractivity contribution is -0.143. The number of halogens is 2. The first kappa shape index (κ1) is 56.1. The highest BCUT2D eigenvalue weighted by Gasteiger charge is 2.38. The van der Waals surface area contributed by atoms with Crippen LogP contribution in [0.3, 0.4) is 0 Å². The summed E-state index contributed by atoms with van der Waals surface area (Å²) in [7, 11) is 0. The lowest BCUT2D eigenvalue weighted by atomic mass is 9.82. The number of aromatic nitrogens is 1. The van der Waals surface area contributed by atoms with Crippen LogP contribution in [-0.2, 0) is 49.7 Å². The lowest BCUT2D eigenvalue weighted by Crippen LogP contribution is -2.58. The van der Waals surface area contributed by atoms with Crippen molar-refractivity contribution in [2.75, 3.05) is 19.7 Å². The number of amides is 7. The molecular formula is C46H61F2N9O12. The molecule has 0 fully saturated rings. The maximum atomic E-state index is 15.3. The Labute approximate surface area is 396 Å². The smallest absolute Gasteiger partial charge is 0.326 e. The molecule has 6 atom stereocenters. The quantitative estimate of drug-likeness (QED) is 0.0522. The molecule has 3 aromatic rings. The van der Waals surface area contributed by atoms with E-state index in [0.29, 0.717) is 5.69 Å². The standard InChI is InChI=1S/C46H61F2N9O12/c1-25(49)41(64)52-26(2)42(65)55-34(21-36(50)59)44(67)54-32(43(66)51-17-15-37(60)53-33(45(68)69)13-14-39(62)63)16-18-57(38(61)24-58)40(46(3,4)5)35-19-28(30-20-29(47)11-12-31(30)48)23-56(35)22-27-9-7-6-8-10-27/h6-12,19-20,23,25-26,32-34,40,58H,13-18,21-22,24,49H2,1-5H3,(H2,50,59)(H,51,66)(H,52,64)(H,53,60)(H,54,67)(H,55,65)(H,62,63)(H,68,69)/t25-,26+,32-,33+,34-,40-/m0/s1. The predicted molar refractivity (Wildman–Crippen MR) is 244 cm³/mol. The summed E-state index contributed by atoms with van der Waals surface area (Å²) in [5, 5.41) is 40.5. The molecule has 0 aliphatic carbocycles. The van der Waals surface area contributed by atoms with Crippen molar-refractivity contribution in [3.63, 3.8) is 0 Å². The van der Waals surface area contributed by atoms with Crippen LogP contribution in [0.15, 0.2) is 60.8 Å². The summed E-state index contributed by atoms with van der Waals surface area (Å²) in [4.78, 5) is 116. The molecule has 2 aromatic carbocycles. The van der Waals surface area contributed by atoms with E-state index < -0.39 is 158 Å². The van der Waals surface area contributed by atoms with E-state index in [9.17, 15) is 57.8 Å². The van der Waals surface area contributed by atoms with Gasteiger partial charge in [-0.3, -0.25) is 38.4 Å². The molecule has 12 N–H and O–H groups in total. The number of nitrogens with zero attached hydrogens (tertiary/aromatic N) is 2. The molecule has 0 saturated carbocycles. The molecule has 0 spiro atoms. The summed E-state index contributed by atoms with van der Waals surface area (Å²) in [5.41, 5.74) is 11.5. The molecule has 69 heavy (non-hydrogen) atoms. The molecule has 1 heterocycles. The number of primary amides is 1. The Morgan fingerprint density at radius 1 is 0.783 bits per heavy atom. The van der Waals surface area contributed by atoms with Gasteiger partial charge >= 0.3 is 11.9 Å². The summed E-state index contributed by atoms with van der Waals surface area (Å²) in [6.07, 6.45) is -1.17. The zero-order chi connectivity index (χ0) is 51.7. The Bertz CT molecular complexity index is 2340. The van der Waals surface area contributed by atoms with Crippen LogP contribution in [-0.4, -0.2) is 128 Å². The second-order valence-corrected chi connectivity index (χ2v) is 17.4. The molecule has 376 valence electrons. The fourth-order valence-corrected chi connectivity index (χ4v) is 7.24. The molecule has 0 saturated heterocycles. The highest BCUT2D eigenvalue weighted by atomic mass is 19.1. The second kappa shape index (κ2) is 25.7. The van der Waals surface area contributed by atoms with Crippen LogP contribution >= 0.6 is 0 Å². The van der Waals surface area contributed by atoms with E-state index >= 15 is 4.39 Å². The maximum Gasteiger partial charge on any atom is 0.326 e. The zero-order valence-corrected chi connectivity index (χ0v) is 38.9. The van der Waals surface area contributed by atoms with Crippen LogP contribution in [0.1, 0.15) is 84.0 Å². The van der Waals surface area contributed by atoms with E-state index in [1.165, 1.54) is 18.7 Å². The Morgan fingerprint density at radius 2 is 1.43 bits per heavy atom. The van der Waals surface area contributed by atoms with Crippen molar-refractivity contribution in [3.8, 4) is 11.1 Å². The van der Waals surface area contributed by atoms with Gasteiger partial charge < -0.3 is 62.8 Å². The van der Waals surface area contributed by atoms with Crippen molar-refractivity contribution in [3.05, 3.63) is 83.7 Å². The van der Waals surface area contributed by atoms with Crippen LogP contribution in [0, 0.1) is 17.0 Å². The molecule has 7 amide bonds. The van der Waals surface area contributed by atoms with Gasteiger partial charge in [-0.2, -0.15) is 0 Å². The van der Waals surface area contributed by atoms with Crippen LogP contribution < -0.4 is 38.1 Å². The Hall–Kier alpha value is -7.27. The van der Waals surface area contributed by atoms with Crippen molar-refractivity contribution < 1.29 is 67.3 Å². The van der Waals surface area contributed by atoms with E-state index in [0.717, 1.165) is 23.8 Å². The molecule has 23 heteroatoms. The third kappa shape index (κ3) is 17.4. The van der Waals surface area contributed by atoms with Gasteiger partial charge in [-0.05, 0) is 61.9 Å². The summed E-state index contributed by atoms with van der Waals surface area (Å²) in [6.45, 7) is 6.25. The molecule has 0 aliphatic heterocycles. The van der Waals surface area contributed by atoms with Gasteiger partial charge in [0.25, 0.3) is 0 Å². The summed E-state index contributed by atoms with van der Waals surface area (Å²) in [5.74, 6) is -10.8. The summed E-state index contributed by atoms with van der Waals surface area (Å²) < 4.78 is 31.6. The fraction of sp³-hybridized carbons (Fsp3) is 0.457. The number of aliphatic carboxylic acids is 2. The van der Waals surface area contributed by atoms with Crippen molar-refractivity contribution in [1.82, 2.24) is 36.1 Å². The first-order valence-corrected chi connectivity index (χ1v) is 21.9. The summed E-state index contributed by atoms with van der Waals surface area (Å²) in [6, 6.07) is 5.41. The number of carboxylic acid groups (broad SMARTS) is 2. The largest absolute Gasteiger partial charge is 0.481 e. The highest BCUT2D eigenvalue weighted by molar-refractivity contribution is 5.96. The van der Waals surface area contributed by atoms with Crippen molar-refractivity contribution in [2.45, 2.75) is 110 Å². The predicted octanol–water partition coefficient (Wildman–Crippen LogP) is 0.417. The first-order chi connectivity index (χ1) is 32.3. The first-order valence-electron chi connectivity index (χ1n) is 21.9. The van der Waals surface area contributed by atoms with Gasteiger partial charge in [0.15, 0.2) is 0 Å². The molecule has 0 bridgehead atoms. The number of hydrogen-bond acceptors (Lipinski definition) is 11. The van der Waals surface area contributed by atoms with Crippen LogP contribution in [0.2, 0.25) is 0 Å². The summed E-state index contributed by atoms with van der Waals surface area (Å²) >= 11 is 0. The number of aliphatic hydroxyl groups excluding tert-OH is 1. The average Bonchev–Trinajstić information content (AvgIpc) is 3.67. The normalized spacial score (nSPS) is 13.9. The number of hydrogen-bond donors (Lipinski definition) is 10. The van der Waals surface area contributed by atoms with Crippen LogP contribution in [0.25, 0.3) is 11.1 Å². The monoisotopic (exact) mass is 969 g/mol. The number of carbonyl (C=O) groups excluding carboxylic acids is 7. The number of aliphatic hydroxyl groups is 1. The second-order valence-electron chi connectivity index (χ2n) is 17.4. The van der Waals surface area contributed by atoms with Crippen LogP contribution in [0.5, 0.6) is 0 Å². The zero-order valence-electron chi connectivity index (χ0n) is 38.9. The van der Waals surface area contributed by atoms with Gasteiger partial charge in [0.2, 0.25) is 41.4 Å². The molecule has 0 unspecified atom stereocenters. The third-order valence-electron chi connectivity index (χ3n) is 10.7. The Balaban J connectivity index is 2.08. The van der Waals surface area contributed by atoms with Gasteiger partial charge in [0.05, 0.1) is 18.5 Å². The number of carboxylic acids is 2. The number of nitrogens with two attached hydrogens (primary N) is 2. The average molecular weight is 970 g/mol. The molecule has 1 aromatic heterocycles. The molecule has 21 nitrogen and oxygen atoms in total. The molecule has 0 radical (unpaired) electrons. The fourth-order valence-electron chi connectivity index (χ4n) is 7.24. The minimum atomic E-state index is -1.73. The highest BCUT2D eigenvalue weighted by Crippen LogP contribution is 2.41. The van der Waals surface area contributed by atoms with Gasteiger partial charge in [0, 0.05) is 55.5 Å². The lowest BCUT2D eigenvalue weighted by Gasteiger charge is -2.41. The van der Waals surface area contributed by atoms with Crippen molar-refractivity contribution in [1.29, 1.82) is 0 Å². The van der Waals surface area contributed by atoms with Crippen LogP contribution in [0.4, 0.5) is 8.78 Å². The number of carbonyl (C=O) groups is 9. The Morgan fingerprint density at radius 3 is 2.01 bits per heavy atom. The van der Waals surface area contributed by atoms with Gasteiger partial charge in [0.1, 0.15) is 42.4 Å². The third-order valence-corrected chi connectivity index (χ3v) is 10.7. The van der Waals surface area contributed by atoms with Crippen molar-refractivity contribution in [2.24, 2.45) is 16.9 Å². The number of benzene rings is 2. The SMILES string of the molecule is C[C@H](N)C(=O)N[C@H](C)C(=O)N[C@@H](CC(N)=O)C(=O)N[C@@H](CCN(C(=O)CO)[C@@H](c1cc(-c2cc(F)ccc2F)cn1Cc1ccccc1)C(C)(C)C)C(=O)NCCC(=O)N[C@H](CCC(=O)O)C(=O)O. The van der Waals surface area contributed by atoms with Gasteiger partial charge in [-0.1, -0.05) is 51.1 Å². The van der Waals surface area contributed by atoms with E-state index in [1.54, 1.807) is 55.8 Å². The van der Waals surface area contributed by atoms with Crippen molar-refractivity contribution >= 4 is 53.3 Å². The minimum Gasteiger partial charge on any atom is -0.481 e. The minimum absolute atomic E-state index is 0.0778. The van der Waals surface area contributed by atoms with Gasteiger partial charge in [-0.15, -0.1) is 0 Å². The molecule has 3 rings (SSSR count). The Kier molecular flexibility index (Phi) is 20.9. The van der Waals surface area contributed by atoms with E-state index in [4.69, 9.17) is 16.6 Å². The topological polar surface area (TPSA) is 335 Å². The van der Waals surface area contributed by atoms with E-state index in [-0.39, 0.29) is 17.7 Å². The molecule has 0 aliphatic rings. The van der Waals surface area contributed by atoms with E-state index in [1.807, 2.05) is 12.1 Å². The van der Waals surface area contributed by atoms with E-state index in [2.05, 4.69) is 26.6 Å². The number of rotatable bonds is 26. The van der Waals surface area contributed by atoms with Gasteiger partial charge in [-0.25, -0.2) is 13.6 Å². The number of nitrogens with one attached hydrogen (secondary N) is 5.